The maximum Gasteiger partial charge on any atom is 0.169 e. The van der Waals surface area contributed by atoms with E-state index in [0.29, 0.717) is 24.8 Å². The molecule has 0 unspecified atom stereocenters. The first-order chi connectivity index (χ1) is 8.68. The number of carbonyl (C=O) groups excluding carboxylic acids is 2. The number of carbonyl (C=O) groups is 2. The molecule has 0 bridgehead atoms. The van der Waals surface area contributed by atoms with Crippen LogP contribution in [0.25, 0.3) is 0 Å². The lowest BCUT2D eigenvalue weighted by Crippen LogP contribution is -2.24. The van der Waals surface area contributed by atoms with E-state index in [2.05, 4.69) is 0 Å². The summed E-state index contributed by atoms with van der Waals surface area (Å²) >= 11 is 1.52. The molecule has 1 aliphatic carbocycles. The van der Waals surface area contributed by atoms with Crippen molar-refractivity contribution in [1.29, 1.82) is 0 Å². The van der Waals surface area contributed by atoms with Crippen molar-refractivity contribution in [2.45, 2.75) is 24.2 Å². The molecule has 4 heteroatoms. The summed E-state index contributed by atoms with van der Waals surface area (Å²) in [5.41, 5.74) is 1.47. The molecule has 0 atom stereocenters. The van der Waals surface area contributed by atoms with Crippen LogP contribution >= 0.6 is 11.8 Å². The molecular weight excluding hydrogens is 246 g/mol. The largest absolute Gasteiger partial charge is 0.337 e. The molecule has 1 aromatic rings. The van der Waals surface area contributed by atoms with E-state index < -0.39 is 0 Å². The molecule has 1 aromatic carbocycles. The van der Waals surface area contributed by atoms with Crippen LogP contribution in [0.15, 0.2) is 39.8 Å². The molecule has 3 rings (SSSR count). The molecule has 0 aromatic heterocycles. The summed E-state index contributed by atoms with van der Waals surface area (Å²) in [4.78, 5) is 27.0. The van der Waals surface area contributed by atoms with E-state index >= 15 is 0 Å². The Morgan fingerprint density at radius 2 is 1.78 bits per heavy atom. The second-order valence-corrected chi connectivity index (χ2v) is 5.54. The summed E-state index contributed by atoms with van der Waals surface area (Å²) in [5.74, 6) is -0.0122. The van der Waals surface area contributed by atoms with Crippen molar-refractivity contribution >= 4 is 29.0 Å². The second-order valence-electron chi connectivity index (χ2n) is 4.51. The Morgan fingerprint density at radius 1 is 1.11 bits per heavy atom. The summed E-state index contributed by atoms with van der Waals surface area (Å²) in [6, 6.07) is 7.96. The standard InChI is InChI=1S/C14H13NO2S/c1-15-9-5-2-3-8-12(9)18-14(15)13-10(16)6-4-7-11(13)17/h2-3,5,8H,4,6-7H2,1H3. The summed E-state index contributed by atoms with van der Waals surface area (Å²) < 4.78 is 0. The van der Waals surface area contributed by atoms with Crippen LogP contribution in [0.5, 0.6) is 0 Å². The highest BCUT2D eigenvalue weighted by molar-refractivity contribution is 8.03. The van der Waals surface area contributed by atoms with Crippen LogP contribution in [0.2, 0.25) is 0 Å². The van der Waals surface area contributed by atoms with E-state index in [0.717, 1.165) is 15.6 Å². The Balaban J connectivity index is 2.09. The van der Waals surface area contributed by atoms with Gasteiger partial charge < -0.3 is 4.90 Å². The van der Waals surface area contributed by atoms with Gasteiger partial charge in [0.25, 0.3) is 0 Å². The Kier molecular flexibility index (Phi) is 2.74. The van der Waals surface area contributed by atoms with Crippen LogP contribution in [-0.4, -0.2) is 18.6 Å². The van der Waals surface area contributed by atoms with Gasteiger partial charge in [-0.2, -0.15) is 0 Å². The maximum atomic E-state index is 12.0. The Bertz CT molecular complexity index is 559. The van der Waals surface area contributed by atoms with E-state index in [4.69, 9.17) is 0 Å². The average Bonchev–Trinajstić information content (AvgIpc) is 2.68. The number of hydrogen-bond donors (Lipinski definition) is 0. The van der Waals surface area contributed by atoms with Crippen molar-refractivity contribution in [3.8, 4) is 0 Å². The second kappa shape index (κ2) is 4.28. The average molecular weight is 259 g/mol. The van der Waals surface area contributed by atoms with Gasteiger partial charge in [0.2, 0.25) is 0 Å². The van der Waals surface area contributed by atoms with Gasteiger partial charge in [-0.05, 0) is 18.6 Å². The van der Waals surface area contributed by atoms with Crippen molar-refractivity contribution in [3.63, 3.8) is 0 Å². The summed E-state index contributed by atoms with van der Waals surface area (Å²) in [5, 5.41) is 0.797. The zero-order valence-corrected chi connectivity index (χ0v) is 10.9. The van der Waals surface area contributed by atoms with E-state index in [9.17, 15) is 9.59 Å². The van der Waals surface area contributed by atoms with Crippen LogP contribution in [0.1, 0.15) is 19.3 Å². The van der Waals surface area contributed by atoms with Gasteiger partial charge in [0.1, 0.15) is 0 Å². The first-order valence-electron chi connectivity index (χ1n) is 6.00. The first-order valence-corrected chi connectivity index (χ1v) is 6.81. The van der Waals surface area contributed by atoms with Gasteiger partial charge in [-0.25, -0.2) is 0 Å². The fourth-order valence-corrected chi connectivity index (χ4v) is 3.60. The van der Waals surface area contributed by atoms with Crippen molar-refractivity contribution in [2.24, 2.45) is 0 Å². The third kappa shape index (κ3) is 1.68. The molecule has 92 valence electrons. The number of hydrogen-bond acceptors (Lipinski definition) is 4. The van der Waals surface area contributed by atoms with E-state index in [1.807, 2.05) is 36.2 Å². The lowest BCUT2D eigenvalue weighted by atomic mass is 9.93. The highest BCUT2D eigenvalue weighted by atomic mass is 32.2. The quantitative estimate of drug-likeness (QED) is 0.530. The Labute approximate surface area is 110 Å². The highest BCUT2D eigenvalue weighted by Gasteiger charge is 2.32. The zero-order chi connectivity index (χ0) is 12.7. The topological polar surface area (TPSA) is 37.4 Å². The minimum atomic E-state index is -0.00611. The molecule has 0 radical (unpaired) electrons. The Morgan fingerprint density at radius 3 is 2.44 bits per heavy atom. The number of anilines is 1. The molecule has 0 saturated heterocycles. The lowest BCUT2D eigenvalue weighted by molar-refractivity contribution is -0.123. The monoisotopic (exact) mass is 259 g/mol. The number of benzene rings is 1. The van der Waals surface area contributed by atoms with Crippen LogP contribution < -0.4 is 4.90 Å². The minimum absolute atomic E-state index is 0.00611. The zero-order valence-electron chi connectivity index (χ0n) is 10.1. The van der Waals surface area contributed by atoms with Gasteiger partial charge in [-0.15, -0.1) is 0 Å². The van der Waals surface area contributed by atoms with Crippen molar-refractivity contribution in [3.05, 3.63) is 34.9 Å². The number of ketones is 2. The van der Waals surface area contributed by atoms with Crippen LogP contribution in [0, 0.1) is 0 Å². The van der Waals surface area contributed by atoms with Crippen LogP contribution in [0.4, 0.5) is 5.69 Å². The molecule has 0 spiro atoms. The molecule has 3 nitrogen and oxygen atoms in total. The van der Waals surface area contributed by atoms with Gasteiger partial charge in [0, 0.05) is 24.8 Å². The van der Waals surface area contributed by atoms with Crippen molar-refractivity contribution < 1.29 is 9.59 Å². The van der Waals surface area contributed by atoms with Gasteiger partial charge in [0.05, 0.1) is 16.3 Å². The van der Waals surface area contributed by atoms with E-state index in [-0.39, 0.29) is 11.6 Å². The van der Waals surface area contributed by atoms with Crippen molar-refractivity contribution in [2.75, 3.05) is 11.9 Å². The van der Waals surface area contributed by atoms with Crippen molar-refractivity contribution in [1.82, 2.24) is 0 Å². The SMILES string of the molecule is CN1C(=C2C(=O)CCCC2=O)Sc2ccccc21. The number of nitrogens with zero attached hydrogens (tertiary/aromatic N) is 1. The Hall–Kier alpha value is -1.55. The van der Waals surface area contributed by atoms with E-state index in [1.54, 1.807) is 0 Å². The number of fused-ring (bicyclic) bond motifs is 1. The number of para-hydroxylation sites is 1. The number of rotatable bonds is 0. The minimum Gasteiger partial charge on any atom is -0.337 e. The molecular formula is C14H13NO2S. The molecule has 1 saturated carbocycles. The molecule has 1 aliphatic heterocycles. The fraction of sp³-hybridized carbons (Fsp3) is 0.286. The normalized spacial score (nSPS) is 19.5. The van der Waals surface area contributed by atoms with Gasteiger partial charge >= 0.3 is 0 Å². The molecule has 18 heavy (non-hydrogen) atoms. The molecule has 0 amide bonds. The number of allylic oxidation sites excluding steroid dienone is 1. The summed E-state index contributed by atoms with van der Waals surface area (Å²) in [6.45, 7) is 0. The third-order valence-electron chi connectivity index (χ3n) is 3.32. The molecule has 1 fully saturated rings. The highest BCUT2D eigenvalue weighted by Crippen LogP contribution is 2.46. The fourth-order valence-electron chi connectivity index (χ4n) is 2.37. The summed E-state index contributed by atoms with van der Waals surface area (Å²) in [6.07, 6.45) is 1.68. The number of thioether (sulfide) groups is 1. The first kappa shape index (κ1) is 11.5. The van der Waals surface area contributed by atoms with Gasteiger partial charge in [-0.1, -0.05) is 23.9 Å². The third-order valence-corrected chi connectivity index (χ3v) is 4.55. The van der Waals surface area contributed by atoms with Crippen LogP contribution in [-0.2, 0) is 9.59 Å². The van der Waals surface area contributed by atoms with Crippen LogP contribution in [0.3, 0.4) is 0 Å². The number of Topliss-reactive ketones (excluding diaryl/α,β-unsaturated/α-hetero) is 2. The predicted octanol–water partition coefficient (Wildman–Crippen LogP) is 2.76. The molecule has 2 aliphatic rings. The maximum absolute atomic E-state index is 12.0. The lowest BCUT2D eigenvalue weighted by Gasteiger charge is -2.19. The molecule has 0 N–H and O–H groups in total. The molecule has 1 heterocycles. The van der Waals surface area contributed by atoms with E-state index in [1.165, 1.54) is 11.8 Å². The summed E-state index contributed by atoms with van der Waals surface area (Å²) in [7, 11) is 1.91. The smallest absolute Gasteiger partial charge is 0.169 e. The van der Waals surface area contributed by atoms with Gasteiger partial charge in [0.15, 0.2) is 11.6 Å². The van der Waals surface area contributed by atoms with Gasteiger partial charge in [-0.3, -0.25) is 9.59 Å². The predicted molar refractivity (Wildman–Crippen MR) is 71.6 cm³/mol.